The first-order valence-corrected chi connectivity index (χ1v) is 13.2. The van der Waals surface area contributed by atoms with E-state index in [0.717, 1.165) is 29.7 Å². The van der Waals surface area contributed by atoms with Crippen molar-refractivity contribution in [3.63, 3.8) is 0 Å². The second-order valence-electron chi connectivity index (χ2n) is 9.26. The van der Waals surface area contributed by atoms with E-state index >= 15 is 0 Å². The molecule has 35 heavy (non-hydrogen) atoms. The summed E-state index contributed by atoms with van der Waals surface area (Å²) in [6.45, 7) is 7.08. The SMILES string of the molecule is CC(C)N(CCC(c1ccccc1)c1cc(Br)ccc1OCc1ccccc1)Cc1ccccc1. The Labute approximate surface area is 218 Å². The van der Waals surface area contributed by atoms with E-state index in [1.54, 1.807) is 0 Å². The summed E-state index contributed by atoms with van der Waals surface area (Å²) in [7, 11) is 0. The third-order valence-corrected chi connectivity index (χ3v) is 6.94. The average molecular weight is 529 g/mol. The fourth-order valence-corrected chi connectivity index (χ4v) is 4.86. The molecule has 1 unspecified atom stereocenters. The predicted molar refractivity (Wildman–Crippen MR) is 150 cm³/mol. The Morgan fingerprint density at radius 3 is 1.97 bits per heavy atom. The van der Waals surface area contributed by atoms with Gasteiger partial charge in [0, 0.05) is 28.5 Å². The highest BCUT2D eigenvalue weighted by Crippen LogP contribution is 2.37. The summed E-state index contributed by atoms with van der Waals surface area (Å²) < 4.78 is 7.47. The molecule has 0 aromatic heterocycles. The second kappa shape index (κ2) is 12.7. The van der Waals surface area contributed by atoms with Crippen LogP contribution in [0.15, 0.2) is 114 Å². The lowest BCUT2D eigenvalue weighted by Crippen LogP contribution is -2.32. The highest BCUT2D eigenvalue weighted by Gasteiger charge is 2.21. The third kappa shape index (κ3) is 7.30. The molecule has 4 aromatic carbocycles. The Kier molecular flexibility index (Phi) is 9.16. The minimum absolute atomic E-state index is 0.233. The van der Waals surface area contributed by atoms with Gasteiger partial charge >= 0.3 is 0 Å². The Hall–Kier alpha value is -2.88. The molecule has 1 atom stereocenters. The summed E-state index contributed by atoms with van der Waals surface area (Å²) >= 11 is 3.71. The number of hydrogen-bond acceptors (Lipinski definition) is 2. The summed E-state index contributed by atoms with van der Waals surface area (Å²) in [5, 5.41) is 0. The van der Waals surface area contributed by atoms with Crippen LogP contribution in [0.5, 0.6) is 5.75 Å². The molecule has 0 spiro atoms. The zero-order valence-corrected chi connectivity index (χ0v) is 22.2. The molecule has 0 heterocycles. The van der Waals surface area contributed by atoms with Crippen LogP contribution in [0.3, 0.4) is 0 Å². The first-order chi connectivity index (χ1) is 17.1. The van der Waals surface area contributed by atoms with Crippen LogP contribution in [0.2, 0.25) is 0 Å². The van der Waals surface area contributed by atoms with E-state index in [1.807, 2.05) is 6.07 Å². The molecule has 0 aliphatic heterocycles. The van der Waals surface area contributed by atoms with Gasteiger partial charge in [-0.1, -0.05) is 107 Å². The summed E-state index contributed by atoms with van der Waals surface area (Å²) in [6, 6.07) is 38.8. The quantitative estimate of drug-likeness (QED) is 0.194. The van der Waals surface area contributed by atoms with E-state index in [1.165, 1.54) is 22.3 Å². The fourth-order valence-electron chi connectivity index (χ4n) is 4.48. The molecule has 0 bridgehead atoms. The Morgan fingerprint density at radius 2 is 1.34 bits per heavy atom. The van der Waals surface area contributed by atoms with E-state index in [0.29, 0.717) is 12.6 Å². The lowest BCUT2D eigenvalue weighted by molar-refractivity contribution is 0.206. The molecule has 180 valence electrons. The van der Waals surface area contributed by atoms with Crippen molar-refractivity contribution < 1.29 is 4.74 Å². The van der Waals surface area contributed by atoms with Crippen LogP contribution in [0.25, 0.3) is 0 Å². The number of ether oxygens (including phenoxy) is 1. The van der Waals surface area contributed by atoms with Crippen molar-refractivity contribution >= 4 is 15.9 Å². The largest absolute Gasteiger partial charge is 0.489 e. The van der Waals surface area contributed by atoms with E-state index in [2.05, 4.69) is 138 Å². The maximum Gasteiger partial charge on any atom is 0.123 e. The van der Waals surface area contributed by atoms with Gasteiger partial charge in [-0.2, -0.15) is 0 Å². The normalized spacial score (nSPS) is 12.1. The number of benzene rings is 4. The van der Waals surface area contributed by atoms with Crippen molar-refractivity contribution in [3.8, 4) is 5.75 Å². The molecular formula is C32H34BrNO. The standard InChI is InChI=1S/C32H34BrNO/c1-25(2)34(23-26-12-6-3-7-13-26)21-20-30(28-16-10-5-11-17-28)31-22-29(33)18-19-32(31)35-24-27-14-8-4-9-15-27/h3-19,22,25,30H,20-21,23-24H2,1-2H3. The van der Waals surface area contributed by atoms with Crippen molar-refractivity contribution in [2.24, 2.45) is 0 Å². The number of nitrogens with zero attached hydrogens (tertiary/aromatic N) is 1. The van der Waals surface area contributed by atoms with Crippen molar-refractivity contribution in [3.05, 3.63) is 136 Å². The minimum Gasteiger partial charge on any atom is -0.489 e. The van der Waals surface area contributed by atoms with Crippen LogP contribution in [-0.4, -0.2) is 17.5 Å². The van der Waals surface area contributed by atoms with Gasteiger partial charge in [-0.25, -0.2) is 0 Å². The summed E-state index contributed by atoms with van der Waals surface area (Å²) in [6.07, 6.45) is 1.01. The molecule has 4 aromatic rings. The minimum atomic E-state index is 0.233. The van der Waals surface area contributed by atoms with E-state index in [9.17, 15) is 0 Å². The van der Waals surface area contributed by atoms with Crippen molar-refractivity contribution in [1.82, 2.24) is 4.90 Å². The van der Waals surface area contributed by atoms with Gasteiger partial charge < -0.3 is 4.74 Å². The number of hydrogen-bond donors (Lipinski definition) is 0. The molecule has 0 fully saturated rings. The molecule has 0 radical (unpaired) electrons. The van der Waals surface area contributed by atoms with Crippen LogP contribution < -0.4 is 4.74 Å². The number of halogens is 1. The first-order valence-electron chi connectivity index (χ1n) is 12.4. The average Bonchev–Trinajstić information content (AvgIpc) is 2.89. The maximum atomic E-state index is 6.40. The Balaban J connectivity index is 1.60. The monoisotopic (exact) mass is 527 g/mol. The third-order valence-electron chi connectivity index (χ3n) is 6.45. The summed E-state index contributed by atoms with van der Waals surface area (Å²) in [5.41, 5.74) is 5.07. The van der Waals surface area contributed by atoms with Gasteiger partial charge in [0.2, 0.25) is 0 Å². The molecular weight excluding hydrogens is 494 g/mol. The van der Waals surface area contributed by atoms with Crippen LogP contribution in [0, 0.1) is 0 Å². The molecule has 3 heteroatoms. The van der Waals surface area contributed by atoms with Crippen LogP contribution in [-0.2, 0) is 13.2 Å². The zero-order valence-electron chi connectivity index (χ0n) is 20.6. The van der Waals surface area contributed by atoms with Gasteiger partial charge in [0.25, 0.3) is 0 Å². The van der Waals surface area contributed by atoms with Gasteiger partial charge in [0.15, 0.2) is 0 Å². The van der Waals surface area contributed by atoms with E-state index in [-0.39, 0.29) is 5.92 Å². The predicted octanol–water partition coefficient (Wildman–Crippen LogP) is 8.46. The van der Waals surface area contributed by atoms with Gasteiger partial charge in [0.05, 0.1) is 0 Å². The first kappa shape index (κ1) is 25.2. The Morgan fingerprint density at radius 1 is 0.743 bits per heavy atom. The molecule has 4 rings (SSSR count). The van der Waals surface area contributed by atoms with Crippen LogP contribution in [0.4, 0.5) is 0 Å². The molecule has 2 nitrogen and oxygen atoms in total. The maximum absolute atomic E-state index is 6.40. The highest BCUT2D eigenvalue weighted by atomic mass is 79.9. The summed E-state index contributed by atoms with van der Waals surface area (Å²) in [4.78, 5) is 2.56. The van der Waals surface area contributed by atoms with E-state index in [4.69, 9.17) is 4.74 Å². The molecule has 0 saturated heterocycles. The lowest BCUT2D eigenvalue weighted by Gasteiger charge is -2.29. The van der Waals surface area contributed by atoms with Gasteiger partial charge in [-0.05, 0) is 61.7 Å². The van der Waals surface area contributed by atoms with Gasteiger partial charge in [-0.3, -0.25) is 4.90 Å². The molecule has 0 aliphatic carbocycles. The molecule has 0 saturated carbocycles. The van der Waals surface area contributed by atoms with Crippen molar-refractivity contribution in [2.45, 2.75) is 45.4 Å². The fraction of sp³-hybridized carbons (Fsp3) is 0.250. The van der Waals surface area contributed by atoms with Crippen LogP contribution >= 0.6 is 15.9 Å². The van der Waals surface area contributed by atoms with Gasteiger partial charge in [0.1, 0.15) is 12.4 Å². The zero-order chi connectivity index (χ0) is 24.5. The number of rotatable bonds is 11. The van der Waals surface area contributed by atoms with Crippen molar-refractivity contribution in [1.29, 1.82) is 0 Å². The van der Waals surface area contributed by atoms with E-state index < -0.39 is 0 Å². The molecule has 0 aliphatic rings. The Bertz CT molecular complexity index is 1160. The lowest BCUT2D eigenvalue weighted by atomic mass is 9.87. The molecule has 0 N–H and O–H groups in total. The topological polar surface area (TPSA) is 12.5 Å². The van der Waals surface area contributed by atoms with Gasteiger partial charge in [-0.15, -0.1) is 0 Å². The highest BCUT2D eigenvalue weighted by molar-refractivity contribution is 9.10. The van der Waals surface area contributed by atoms with Crippen molar-refractivity contribution in [2.75, 3.05) is 6.54 Å². The molecule has 0 amide bonds. The summed E-state index contributed by atoms with van der Waals surface area (Å²) in [5.74, 6) is 1.18. The second-order valence-corrected chi connectivity index (χ2v) is 10.2. The smallest absolute Gasteiger partial charge is 0.123 e. The van der Waals surface area contributed by atoms with Crippen LogP contribution in [0.1, 0.15) is 48.4 Å².